The lowest BCUT2D eigenvalue weighted by Gasteiger charge is -2.32. The number of likely N-dealkylation sites (tertiary alicyclic amines) is 1. The van der Waals surface area contributed by atoms with E-state index in [1.54, 1.807) is 7.11 Å². The second-order valence-electron chi connectivity index (χ2n) is 6.83. The first-order valence-corrected chi connectivity index (χ1v) is 8.72. The summed E-state index contributed by atoms with van der Waals surface area (Å²) in [5.41, 5.74) is 0.803. The highest BCUT2D eigenvalue weighted by Crippen LogP contribution is 2.25. The molecule has 1 fully saturated rings. The predicted molar refractivity (Wildman–Crippen MR) is 94.6 cm³/mol. The molecule has 0 bridgehead atoms. The van der Waals surface area contributed by atoms with Gasteiger partial charge in [0.25, 0.3) is 0 Å². The number of nitrogens with zero attached hydrogens (tertiary/aromatic N) is 1. The van der Waals surface area contributed by atoms with Crippen LogP contribution in [0.4, 0.5) is 0 Å². The van der Waals surface area contributed by atoms with Gasteiger partial charge in [0.2, 0.25) is 5.91 Å². The highest BCUT2D eigenvalue weighted by atomic mass is 16.5. The van der Waals surface area contributed by atoms with Crippen molar-refractivity contribution in [3.63, 3.8) is 0 Å². The maximum Gasteiger partial charge on any atom is 0.225 e. The predicted octanol–water partition coefficient (Wildman–Crippen LogP) is 1.97. The molecular weight excluding hydrogens is 304 g/mol. The van der Waals surface area contributed by atoms with E-state index in [0.29, 0.717) is 0 Å². The Morgan fingerprint density at radius 1 is 1.33 bits per heavy atom. The van der Waals surface area contributed by atoms with Crippen molar-refractivity contribution in [2.24, 2.45) is 5.92 Å². The Kier molecular flexibility index (Phi) is 6.78. The maximum absolute atomic E-state index is 12.6. The first kappa shape index (κ1) is 18.9. The number of benzene rings is 1. The number of aliphatic hydroxyl groups excluding tert-OH is 1. The highest BCUT2D eigenvalue weighted by Gasteiger charge is 2.36. The Bertz CT molecular complexity index is 523. The minimum absolute atomic E-state index is 0.0790. The molecule has 1 aromatic carbocycles. The van der Waals surface area contributed by atoms with Crippen LogP contribution in [-0.2, 0) is 9.53 Å². The van der Waals surface area contributed by atoms with Crippen LogP contribution in [0.2, 0.25) is 0 Å². The lowest BCUT2D eigenvalue weighted by molar-refractivity contribution is -0.132. The summed E-state index contributed by atoms with van der Waals surface area (Å²) in [6.07, 6.45) is 1.32. The molecular formula is C19H30N2O3. The molecule has 0 radical (unpaired) electrons. The van der Waals surface area contributed by atoms with Gasteiger partial charge in [-0.3, -0.25) is 4.79 Å². The van der Waals surface area contributed by atoms with E-state index in [-0.39, 0.29) is 30.0 Å². The normalized spacial score (nSPS) is 23.5. The first-order chi connectivity index (χ1) is 11.5. The molecule has 2 N–H and O–H groups in total. The smallest absolute Gasteiger partial charge is 0.225 e. The minimum Gasteiger partial charge on any atom is -0.386 e. The molecule has 1 aromatic rings. The number of nitrogens with one attached hydrogen (secondary N) is 1. The third-order valence-electron chi connectivity index (χ3n) is 5.12. The zero-order valence-corrected chi connectivity index (χ0v) is 15.1. The summed E-state index contributed by atoms with van der Waals surface area (Å²) in [6, 6.07) is 9.30. The van der Waals surface area contributed by atoms with Crippen molar-refractivity contribution in [2.45, 2.75) is 51.0 Å². The fraction of sp³-hybridized carbons (Fsp3) is 0.632. The molecule has 0 saturated carbocycles. The van der Waals surface area contributed by atoms with E-state index in [1.165, 1.54) is 0 Å². The van der Waals surface area contributed by atoms with Gasteiger partial charge in [0.15, 0.2) is 0 Å². The van der Waals surface area contributed by atoms with Gasteiger partial charge in [-0.05, 0) is 38.9 Å². The van der Waals surface area contributed by atoms with Crippen LogP contribution in [0.1, 0.15) is 38.4 Å². The van der Waals surface area contributed by atoms with Gasteiger partial charge >= 0.3 is 0 Å². The van der Waals surface area contributed by atoms with Crippen LogP contribution in [0.3, 0.4) is 0 Å². The van der Waals surface area contributed by atoms with Crippen molar-refractivity contribution in [2.75, 3.05) is 20.7 Å². The van der Waals surface area contributed by atoms with Gasteiger partial charge in [-0.25, -0.2) is 0 Å². The van der Waals surface area contributed by atoms with Gasteiger partial charge in [-0.1, -0.05) is 37.3 Å². The summed E-state index contributed by atoms with van der Waals surface area (Å²) in [5.74, 6) is -0.351. The Morgan fingerprint density at radius 2 is 2.00 bits per heavy atom. The Hall–Kier alpha value is -1.43. The van der Waals surface area contributed by atoms with Gasteiger partial charge in [-0.15, -0.1) is 0 Å². The van der Waals surface area contributed by atoms with Gasteiger partial charge in [0.1, 0.15) is 0 Å². The van der Waals surface area contributed by atoms with Crippen molar-refractivity contribution in [1.82, 2.24) is 10.2 Å². The number of ether oxygens (including phenoxy) is 1. The van der Waals surface area contributed by atoms with E-state index in [4.69, 9.17) is 4.74 Å². The minimum atomic E-state index is -0.725. The number of likely N-dealkylation sites (N-methyl/N-ethyl adjacent to an activating group) is 1. The van der Waals surface area contributed by atoms with Gasteiger partial charge < -0.3 is 20.1 Å². The van der Waals surface area contributed by atoms with Gasteiger partial charge in [0.05, 0.1) is 24.2 Å². The van der Waals surface area contributed by atoms with Gasteiger partial charge in [-0.2, -0.15) is 0 Å². The second-order valence-corrected chi connectivity index (χ2v) is 6.83. The molecule has 1 aliphatic heterocycles. The van der Waals surface area contributed by atoms with Crippen LogP contribution in [0, 0.1) is 5.92 Å². The van der Waals surface area contributed by atoms with Crippen LogP contribution in [0.15, 0.2) is 30.3 Å². The summed E-state index contributed by atoms with van der Waals surface area (Å²) < 4.78 is 5.65. The lowest BCUT2D eigenvalue weighted by Crippen LogP contribution is -2.49. The molecule has 1 heterocycles. The van der Waals surface area contributed by atoms with Crippen LogP contribution in [0.5, 0.6) is 0 Å². The summed E-state index contributed by atoms with van der Waals surface area (Å²) >= 11 is 0. The number of hydrogen-bond donors (Lipinski definition) is 2. The molecule has 0 unspecified atom stereocenters. The zero-order chi connectivity index (χ0) is 17.7. The fourth-order valence-corrected chi connectivity index (χ4v) is 3.57. The van der Waals surface area contributed by atoms with Crippen LogP contribution < -0.4 is 5.32 Å². The molecule has 24 heavy (non-hydrogen) atoms. The van der Waals surface area contributed by atoms with Crippen LogP contribution in [-0.4, -0.2) is 54.8 Å². The number of hydrogen-bond acceptors (Lipinski definition) is 4. The standard InChI is InChI=1S/C19H30N2O3/c1-13(18(24-4)16-11-8-12-21(16)3)19(23)20-14(2)17(22)15-9-6-5-7-10-15/h5-7,9-10,13-14,16-18,22H,8,11-12H2,1-4H3,(H,20,23)/t13-,14-,16+,17-,18-/m0/s1. The number of methoxy groups -OCH3 is 1. The molecule has 5 nitrogen and oxygen atoms in total. The van der Waals surface area contributed by atoms with Crippen molar-refractivity contribution in [1.29, 1.82) is 0 Å². The van der Waals surface area contributed by atoms with Crippen LogP contribution in [0.25, 0.3) is 0 Å². The van der Waals surface area contributed by atoms with Gasteiger partial charge in [0, 0.05) is 13.2 Å². The van der Waals surface area contributed by atoms with E-state index in [9.17, 15) is 9.90 Å². The van der Waals surface area contributed by atoms with Crippen LogP contribution >= 0.6 is 0 Å². The Morgan fingerprint density at radius 3 is 2.54 bits per heavy atom. The summed E-state index contributed by atoms with van der Waals surface area (Å²) in [4.78, 5) is 14.9. The molecule has 1 aliphatic rings. The molecule has 2 rings (SSSR count). The summed E-state index contributed by atoms with van der Waals surface area (Å²) in [7, 11) is 3.75. The number of carbonyl (C=O) groups is 1. The van der Waals surface area contributed by atoms with Crippen molar-refractivity contribution >= 4 is 5.91 Å². The average Bonchev–Trinajstić information content (AvgIpc) is 3.01. The SMILES string of the molecule is CO[C@@H]([C@H](C)C(=O)N[C@@H](C)[C@H](O)c1ccccc1)[C@H]1CCCN1C. The Labute approximate surface area is 145 Å². The van der Waals surface area contributed by atoms with E-state index in [2.05, 4.69) is 17.3 Å². The molecule has 5 heteroatoms. The lowest BCUT2D eigenvalue weighted by atomic mass is 9.94. The molecule has 134 valence electrons. The topological polar surface area (TPSA) is 61.8 Å². The van der Waals surface area contributed by atoms with E-state index in [1.807, 2.05) is 44.2 Å². The van der Waals surface area contributed by atoms with E-state index >= 15 is 0 Å². The zero-order valence-electron chi connectivity index (χ0n) is 15.1. The first-order valence-electron chi connectivity index (χ1n) is 8.72. The largest absolute Gasteiger partial charge is 0.386 e. The number of amides is 1. The molecule has 1 amide bonds. The molecule has 5 atom stereocenters. The molecule has 1 saturated heterocycles. The number of rotatable bonds is 7. The third-order valence-corrected chi connectivity index (χ3v) is 5.12. The van der Waals surface area contributed by atoms with E-state index < -0.39 is 6.10 Å². The quantitative estimate of drug-likeness (QED) is 0.800. The highest BCUT2D eigenvalue weighted by molar-refractivity contribution is 5.79. The maximum atomic E-state index is 12.6. The summed E-state index contributed by atoms with van der Waals surface area (Å²) in [5, 5.41) is 13.4. The molecule has 0 spiro atoms. The third kappa shape index (κ3) is 4.35. The Balaban J connectivity index is 1.97. The molecule has 0 aromatic heterocycles. The monoisotopic (exact) mass is 334 g/mol. The second kappa shape index (κ2) is 8.60. The number of aliphatic hydroxyl groups is 1. The van der Waals surface area contributed by atoms with Crippen molar-refractivity contribution in [3.8, 4) is 0 Å². The average molecular weight is 334 g/mol. The van der Waals surface area contributed by atoms with Crippen molar-refractivity contribution < 1.29 is 14.6 Å². The van der Waals surface area contributed by atoms with Crippen molar-refractivity contribution in [3.05, 3.63) is 35.9 Å². The summed E-state index contributed by atoms with van der Waals surface area (Å²) in [6.45, 7) is 4.77. The fourth-order valence-electron chi connectivity index (χ4n) is 3.57. The molecule has 0 aliphatic carbocycles. The number of carbonyl (C=O) groups excluding carboxylic acids is 1. The van der Waals surface area contributed by atoms with E-state index in [0.717, 1.165) is 24.9 Å².